The summed E-state index contributed by atoms with van der Waals surface area (Å²) in [5, 5.41) is 2.95. The van der Waals surface area contributed by atoms with E-state index in [0.717, 1.165) is 6.54 Å². The third-order valence-corrected chi connectivity index (χ3v) is 3.83. The molecule has 1 saturated carbocycles. The monoisotopic (exact) mass is 283 g/mol. The molecule has 1 N–H and O–H groups in total. The van der Waals surface area contributed by atoms with Crippen molar-refractivity contribution in [2.24, 2.45) is 11.8 Å². The van der Waals surface area contributed by atoms with Crippen LogP contribution in [-0.4, -0.2) is 24.0 Å². The molecule has 0 spiro atoms. The van der Waals surface area contributed by atoms with Gasteiger partial charge in [-0.1, -0.05) is 26.2 Å². The smallest absolute Gasteiger partial charge is 0.306 e. The second-order valence-electron chi connectivity index (χ2n) is 6.91. The molecule has 0 aromatic carbocycles. The van der Waals surface area contributed by atoms with Gasteiger partial charge in [-0.05, 0) is 39.0 Å². The molecule has 20 heavy (non-hydrogen) atoms. The zero-order valence-corrected chi connectivity index (χ0v) is 13.3. The topological polar surface area (TPSA) is 55.4 Å². The molecular weight excluding hydrogens is 254 g/mol. The fourth-order valence-electron chi connectivity index (χ4n) is 2.64. The van der Waals surface area contributed by atoms with Crippen LogP contribution >= 0.6 is 0 Å². The van der Waals surface area contributed by atoms with Gasteiger partial charge in [-0.2, -0.15) is 0 Å². The van der Waals surface area contributed by atoms with Crippen molar-refractivity contribution in [1.82, 2.24) is 5.32 Å². The standard InChI is InChI=1S/C16H29NO3/c1-12-7-5-6-8-13(12)11-17-14(18)9-10-15(19)20-16(2,3)4/h12-13H,5-11H2,1-4H3,(H,17,18). The molecule has 0 bridgehead atoms. The highest BCUT2D eigenvalue weighted by molar-refractivity contribution is 5.81. The van der Waals surface area contributed by atoms with Crippen LogP contribution in [0.4, 0.5) is 0 Å². The fourth-order valence-corrected chi connectivity index (χ4v) is 2.64. The zero-order valence-electron chi connectivity index (χ0n) is 13.3. The van der Waals surface area contributed by atoms with E-state index in [1.807, 2.05) is 20.8 Å². The van der Waals surface area contributed by atoms with Gasteiger partial charge in [0.05, 0.1) is 6.42 Å². The second kappa shape index (κ2) is 7.65. The van der Waals surface area contributed by atoms with Crippen LogP contribution in [0.25, 0.3) is 0 Å². The molecule has 2 unspecified atom stereocenters. The maximum atomic E-state index is 11.7. The van der Waals surface area contributed by atoms with Crippen LogP contribution < -0.4 is 5.32 Å². The van der Waals surface area contributed by atoms with Gasteiger partial charge in [-0.25, -0.2) is 0 Å². The van der Waals surface area contributed by atoms with Crippen LogP contribution in [0.2, 0.25) is 0 Å². The zero-order chi connectivity index (χ0) is 15.2. The van der Waals surface area contributed by atoms with Crippen molar-refractivity contribution < 1.29 is 14.3 Å². The van der Waals surface area contributed by atoms with Gasteiger partial charge in [0.25, 0.3) is 0 Å². The Morgan fingerprint density at radius 1 is 1.15 bits per heavy atom. The Morgan fingerprint density at radius 3 is 2.40 bits per heavy atom. The first kappa shape index (κ1) is 17.0. The van der Waals surface area contributed by atoms with Crippen LogP contribution in [0.1, 0.15) is 66.2 Å². The summed E-state index contributed by atoms with van der Waals surface area (Å²) >= 11 is 0. The van der Waals surface area contributed by atoms with E-state index in [4.69, 9.17) is 4.74 Å². The van der Waals surface area contributed by atoms with Crippen LogP contribution in [0, 0.1) is 11.8 Å². The summed E-state index contributed by atoms with van der Waals surface area (Å²) in [5.41, 5.74) is -0.481. The van der Waals surface area contributed by atoms with Crippen molar-refractivity contribution in [2.75, 3.05) is 6.54 Å². The molecular formula is C16H29NO3. The number of rotatable bonds is 5. The number of hydrogen-bond acceptors (Lipinski definition) is 3. The van der Waals surface area contributed by atoms with Gasteiger partial charge in [-0.15, -0.1) is 0 Å². The molecule has 0 saturated heterocycles. The molecule has 1 aliphatic carbocycles. The van der Waals surface area contributed by atoms with Gasteiger partial charge in [0.15, 0.2) is 0 Å². The molecule has 0 heterocycles. The lowest BCUT2D eigenvalue weighted by atomic mass is 9.80. The Kier molecular flexibility index (Phi) is 6.50. The lowest BCUT2D eigenvalue weighted by Crippen LogP contribution is -2.34. The molecule has 0 aromatic heterocycles. The summed E-state index contributed by atoms with van der Waals surface area (Å²) in [7, 11) is 0. The highest BCUT2D eigenvalue weighted by Gasteiger charge is 2.22. The Hall–Kier alpha value is -1.06. The minimum absolute atomic E-state index is 0.0476. The SMILES string of the molecule is CC1CCCCC1CNC(=O)CCC(=O)OC(C)(C)C. The highest BCUT2D eigenvalue weighted by Crippen LogP contribution is 2.28. The molecule has 2 atom stereocenters. The quantitative estimate of drug-likeness (QED) is 0.789. The van der Waals surface area contributed by atoms with E-state index >= 15 is 0 Å². The van der Waals surface area contributed by atoms with Crippen molar-refractivity contribution in [3.8, 4) is 0 Å². The van der Waals surface area contributed by atoms with Crippen LogP contribution in [0.5, 0.6) is 0 Å². The molecule has 1 amide bonds. The molecule has 1 rings (SSSR count). The Labute approximate surface area is 122 Å². The van der Waals surface area contributed by atoms with E-state index < -0.39 is 5.60 Å². The van der Waals surface area contributed by atoms with Gasteiger partial charge in [0.1, 0.15) is 5.60 Å². The van der Waals surface area contributed by atoms with Crippen molar-refractivity contribution in [3.63, 3.8) is 0 Å². The van der Waals surface area contributed by atoms with Crippen LogP contribution in [0.3, 0.4) is 0 Å². The summed E-state index contributed by atoms with van der Waals surface area (Å²) in [5.74, 6) is 0.927. The van der Waals surface area contributed by atoms with Gasteiger partial charge in [0.2, 0.25) is 5.91 Å². The number of ether oxygens (including phenoxy) is 1. The van der Waals surface area contributed by atoms with Gasteiger partial charge < -0.3 is 10.1 Å². The first-order valence-corrected chi connectivity index (χ1v) is 7.76. The number of carbonyl (C=O) groups excluding carboxylic acids is 2. The summed E-state index contributed by atoms with van der Waals surface area (Å²) in [4.78, 5) is 23.3. The van der Waals surface area contributed by atoms with Crippen LogP contribution in [-0.2, 0) is 14.3 Å². The van der Waals surface area contributed by atoms with E-state index in [9.17, 15) is 9.59 Å². The fraction of sp³-hybridized carbons (Fsp3) is 0.875. The predicted octanol–water partition coefficient (Wildman–Crippen LogP) is 3.05. The van der Waals surface area contributed by atoms with Gasteiger partial charge >= 0.3 is 5.97 Å². The van der Waals surface area contributed by atoms with Crippen molar-refractivity contribution in [1.29, 1.82) is 0 Å². The number of carbonyl (C=O) groups is 2. The Balaban J connectivity index is 2.18. The van der Waals surface area contributed by atoms with Crippen molar-refractivity contribution >= 4 is 11.9 Å². The second-order valence-corrected chi connectivity index (χ2v) is 6.91. The Morgan fingerprint density at radius 2 is 1.80 bits per heavy atom. The minimum Gasteiger partial charge on any atom is -0.460 e. The van der Waals surface area contributed by atoms with Gasteiger partial charge in [-0.3, -0.25) is 9.59 Å². The molecule has 116 valence electrons. The van der Waals surface area contributed by atoms with E-state index in [2.05, 4.69) is 12.2 Å². The predicted molar refractivity (Wildman–Crippen MR) is 79.2 cm³/mol. The summed E-state index contributed by atoms with van der Waals surface area (Å²) in [6, 6.07) is 0. The maximum absolute atomic E-state index is 11.7. The summed E-state index contributed by atoms with van der Waals surface area (Å²) < 4.78 is 5.18. The first-order valence-electron chi connectivity index (χ1n) is 7.76. The van der Waals surface area contributed by atoms with Crippen molar-refractivity contribution in [2.45, 2.75) is 71.8 Å². The van der Waals surface area contributed by atoms with E-state index in [1.54, 1.807) is 0 Å². The third-order valence-electron chi connectivity index (χ3n) is 3.83. The van der Waals surface area contributed by atoms with Crippen molar-refractivity contribution in [3.05, 3.63) is 0 Å². The average molecular weight is 283 g/mol. The molecule has 1 aliphatic rings. The normalized spacial score (nSPS) is 23.2. The number of esters is 1. The average Bonchev–Trinajstić information content (AvgIpc) is 2.33. The maximum Gasteiger partial charge on any atom is 0.306 e. The molecule has 0 aliphatic heterocycles. The van der Waals surface area contributed by atoms with E-state index in [1.165, 1.54) is 25.7 Å². The largest absolute Gasteiger partial charge is 0.460 e. The third kappa shape index (κ3) is 6.92. The molecule has 4 heteroatoms. The molecule has 0 aromatic rings. The first-order chi connectivity index (χ1) is 9.28. The lowest BCUT2D eigenvalue weighted by molar-refractivity contribution is -0.155. The van der Waals surface area contributed by atoms with E-state index in [-0.39, 0.29) is 24.7 Å². The van der Waals surface area contributed by atoms with Crippen LogP contribution in [0.15, 0.2) is 0 Å². The summed E-state index contributed by atoms with van der Waals surface area (Å²) in [6.07, 6.45) is 5.42. The number of nitrogens with one attached hydrogen (secondary N) is 1. The Bertz CT molecular complexity index is 333. The number of amides is 1. The molecule has 1 fully saturated rings. The molecule has 4 nitrogen and oxygen atoms in total. The highest BCUT2D eigenvalue weighted by atomic mass is 16.6. The van der Waals surface area contributed by atoms with E-state index in [0.29, 0.717) is 11.8 Å². The minimum atomic E-state index is -0.481. The molecule has 0 radical (unpaired) electrons. The number of hydrogen-bond donors (Lipinski definition) is 1. The van der Waals surface area contributed by atoms with Gasteiger partial charge in [0, 0.05) is 13.0 Å². The summed E-state index contributed by atoms with van der Waals surface area (Å²) in [6.45, 7) is 8.49. The lowest BCUT2D eigenvalue weighted by Gasteiger charge is -2.28.